The highest BCUT2D eigenvalue weighted by molar-refractivity contribution is 6.33. The van der Waals surface area contributed by atoms with Crippen molar-refractivity contribution in [2.75, 3.05) is 11.9 Å². The van der Waals surface area contributed by atoms with Gasteiger partial charge in [0, 0.05) is 30.4 Å². The zero-order valence-corrected chi connectivity index (χ0v) is 14.2. The second kappa shape index (κ2) is 7.73. The Hall–Kier alpha value is -2.97. The highest BCUT2D eigenvalue weighted by Gasteiger charge is 2.13. The van der Waals surface area contributed by atoms with Crippen molar-refractivity contribution in [1.82, 2.24) is 9.71 Å². The number of hydrogen-bond acceptors (Lipinski definition) is 3. The molecular formula is C19H16ClN3O2. The predicted octanol–water partition coefficient (Wildman–Crippen LogP) is 3.32. The molecule has 25 heavy (non-hydrogen) atoms. The van der Waals surface area contributed by atoms with Crippen molar-refractivity contribution in [3.05, 3.63) is 59.5 Å². The van der Waals surface area contributed by atoms with Gasteiger partial charge in [0.1, 0.15) is 6.61 Å². The lowest BCUT2D eigenvalue weighted by molar-refractivity contribution is -0.115. The van der Waals surface area contributed by atoms with Gasteiger partial charge in [-0.1, -0.05) is 29.8 Å². The standard InChI is InChI=1S/C19H16ClN3O2/c1-2-3-10-25-23-13-14(15-6-4-5-7-18(15)23)11-19(24)22-17-8-9-21-12-16(17)20/h1,4-9,12-13H,3,10-11H2,(H,21,22,24). The molecule has 3 aromatic rings. The lowest BCUT2D eigenvalue weighted by Gasteiger charge is -2.06. The first-order valence-corrected chi connectivity index (χ1v) is 8.12. The number of amides is 1. The van der Waals surface area contributed by atoms with Crippen LogP contribution in [-0.2, 0) is 11.2 Å². The summed E-state index contributed by atoms with van der Waals surface area (Å²) in [4.78, 5) is 22.0. The molecule has 0 saturated carbocycles. The fourth-order valence-electron chi connectivity index (χ4n) is 2.51. The van der Waals surface area contributed by atoms with E-state index in [0.29, 0.717) is 23.7 Å². The monoisotopic (exact) mass is 353 g/mol. The number of fused-ring (bicyclic) bond motifs is 1. The van der Waals surface area contributed by atoms with E-state index in [0.717, 1.165) is 16.5 Å². The van der Waals surface area contributed by atoms with E-state index in [2.05, 4.69) is 16.2 Å². The Morgan fingerprint density at radius 3 is 3.00 bits per heavy atom. The van der Waals surface area contributed by atoms with Gasteiger partial charge in [0.2, 0.25) is 5.91 Å². The summed E-state index contributed by atoms with van der Waals surface area (Å²) in [6.45, 7) is 0.410. The van der Waals surface area contributed by atoms with Crippen LogP contribution in [0.1, 0.15) is 12.0 Å². The molecule has 1 aromatic carbocycles. The number of para-hydroxylation sites is 1. The van der Waals surface area contributed by atoms with E-state index in [9.17, 15) is 4.79 Å². The Morgan fingerprint density at radius 2 is 2.20 bits per heavy atom. The zero-order valence-electron chi connectivity index (χ0n) is 13.4. The second-order valence-corrected chi connectivity index (χ2v) is 5.77. The number of pyridine rings is 1. The van der Waals surface area contributed by atoms with E-state index in [4.69, 9.17) is 22.9 Å². The van der Waals surface area contributed by atoms with Gasteiger partial charge in [-0.3, -0.25) is 9.78 Å². The third-order valence-electron chi connectivity index (χ3n) is 3.63. The Kier molecular flexibility index (Phi) is 5.22. The molecule has 1 amide bonds. The number of nitrogens with one attached hydrogen (secondary N) is 1. The third kappa shape index (κ3) is 3.93. The number of terminal acetylenes is 1. The molecule has 0 unspecified atom stereocenters. The van der Waals surface area contributed by atoms with Crippen LogP contribution < -0.4 is 10.2 Å². The Labute approximate surface area is 150 Å². The Morgan fingerprint density at radius 1 is 1.36 bits per heavy atom. The SMILES string of the molecule is C#CCCOn1cc(CC(=O)Nc2ccncc2Cl)c2ccccc21. The minimum absolute atomic E-state index is 0.167. The smallest absolute Gasteiger partial charge is 0.228 e. The van der Waals surface area contributed by atoms with Crippen molar-refractivity contribution in [3.8, 4) is 12.3 Å². The molecule has 0 atom stereocenters. The molecule has 0 bridgehead atoms. The Balaban J connectivity index is 1.80. The number of carbonyl (C=O) groups is 1. The van der Waals surface area contributed by atoms with Crippen molar-refractivity contribution in [2.45, 2.75) is 12.8 Å². The van der Waals surface area contributed by atoms with Gasteiger partial charge in [-0.15, -0.1) is 12.3 Å². The second-order valence-electron chi connectivity index (χ2n) is 5.37. The topological polar surface area (TPSA) is 56.1 Å². The van der Waals surface area contributed by atoms with E-state index >= 15 is 0 Å². The van der Waals surface area contributed by atoms with Crippen molar-refractivity contribution < 1.29 is 9.63 Å². The summed E-state index contributed by atoms with van der Waals surface area (Å²) in [6, 6.07) is 9.40. The van der Waals surface area contributed by atoms with Crippen LogP contribution >= 0.6 is 11.6 Å². The molecule has 0 aliphatic carbocycles. The summed E-state index contributed by atoms with van der Waals surface area (Å²) < 4.78 is 1.66. The van der Waals surface area contributed by atoms with Crippen LogP contribution in [0.4, 0.5) is 5.69 Å². The molecule has 0 fully saturated rings. The zero-order chi connectivity index (χ0) is 17.6. The average Bonchev–Trinajstić information content (AvgIpc) is 2.95. The summed E-state index contributed by atoms with van der Waals surface area (Å²) in [5.74, 6) is 2.37. The predicted molar refractivity (Wildman–Crippen MR) is 98.4 cm³/mol. The number of aromatic nitrogens is 2. The Bertz CT molecular complexity index is 943. The normalized spacial score (nSPS) is 10.4. The molecule has 0 radical (unpaired) electrons. The van der Waals surface area contributed by atoms with Crippen LogP contribution in [0, 0.1) is 12.3 Å². The highest BCUT2D eigenvalue weighted by atomic mass is 35.5. The first-order valence-electron chi connectivity index (χ1n) is 7.74. The van der Waals surface area contributed by atoms with Crippen molar-refractivity contribution in [3.63, 3.8) is 0 Å². The first-order chi connectivity index (χ1) is 12.2. The molecule has 1 N–H and O–H groups in total. The van der Waals surface area contributed by atoms with Crippen molar-refractivity contribution in [2.24, 2.45) is 0 Å². The summed E-state index contributed by atoms with van der Waals surface area (Å²) in [5, 5.41) is 4.15. The van der Waals surface area contributed by atoms with Gasteiger partial charge in [-0.2, -0.15) is 4.73 Å². The van der Waals surface area contributed by atoms with Crippen LogP contribution in [0.25, 0.3) is 10.9 Å². The number of benzene rings is 1. The summed E-state index contributed by atoms with van der Waals surface area (Å²) in [7, 11) is 0. The molecule has 6 heteroatoms. The van der Waals surface area contributed by atoms with Crippen LogP contribution in [0.15, 0.2) is 48.9 Å². The van der Waals surface area contributed by atoms with Gasteiger partial charge < -0.3 is 10.2 Å². The maximum atomic E-state index is 12.4. The third-order valence-corrected chi connectivity index (χ3v) is 3.94. The summed E-state index contributed by atoms with van der Waals surface area (Å²) in [6.07, 6.45) is 10.8. The molecular weight excluding hydrogens is 338 g/mol. The van der Waals surface area contributed by atoms with E-state index in [1.165, 1.54) is 6.20 Å². The van der Waals surface area contributed by atoms with E-state index < -0.39 is 0 Å². The van der Waals surface area contributed by atoms with Gasteiger partial charge in [0.05, 0.1) is 22.6 Å². The van der Waals surface area contributed by atoms with Crippen LogP contribution in [0.3, 0.4) is 0 Å². The van der Waals surface area contributed by atoms with Gasteiger partial charge in [0.25, 0.3) is 0 Å². The van der Waals surface area contributed by atoms with Crippen LogP contribution in [0.2, 0.25) is 5.02 Å². The molecule has 2 aromatic heterocycles. The first kappa shape index (κ1) is 16.9. The lowest BCUT2D eigenvalue weighted by atomic mass is 10.1. The summed E-state index contributed by atoms with van der Waals surface area (Å²) >= 11 is 6.02. The largest absolute Gasteiger partial charge is 0.413 e. The van der Waals surface area contributed by atoms with Crippen LogP contribution in [-0.4, -0.2) is 22.2 Å². The molecule has 2 heterocycles. The van der Waals surface area contributed by atoms with Gasteiger partial charge in [-0.25, -0.2) is 0 Å². The maximum absolute atomic E-state index is 12.4. The minimum Gasteiger partial charge on any atom is -0.413 e. The van der Waals surface area contributed by atoms with E-state index in [-0.39, 0.29) is 12.3 Å². The van der Waals surface area contributed by atoms with E-state index in [1.54, 1.807) is 17.0 Å². The van der Waals surface area contributed by atoms with E-state index in [1.807, 2.05) is 30.5 Å². The molecule has 0 aliphatic heterocycles. The number of rotatable bonds is 6. The number of anilines is 1. The van der Waals surface area contributed by atoms with Gasteiger partial charge in [-0.05, 0) is 17.7 Å². The summed E-state index contributed by atoms with van der Waals surface area (Å²) in [5.41, 5.74) is 2.29. The maximum Gasteiger partial charge on any atom is 0.228 e. The molecule has 5 nitrogen and oxygen atoms in total. The number of carbonyl (C=O) groups excluding carboxylic acids is 1. The quantitative estimate of drug-likeness (QED) is 0.546. The van der Waals surface area contributed by atoms with Crippen molar-refractivity contribution >= 4 is 34.1 Å². The van der Waals surface area contributed by atoms with Gasteiger partial charge >= 0.3 is 0 Å². The minimum atomic E-state index is -0.167. The fraction of sp³-hybridized carbons (Fsp3) is 0.158. The fourth-order valence-corrected chi connectivity index (χ4v) is 2.68. The lowest BCUT2D eigenvalue weighted by Crippen LogP contribution is -2.15. The number of halogens is 1. The molecule has 126 valence electrons. The molecule has 0 spiro atoms. The van der Waals surface area contributed by atoms with Crippen molar-refractivity contribution in [1.29, 1.82) is 0 Å². The van der Waals surface area contributed by atoms with Crippen LogP contribution in [0.5, 0.6) is 0 Å². The molecule has 0 saturated heterocycles. The molecule has 0 aliphatic rings. The average molecular weight is 354 g/mol. The van der Waals surface area contributed by atoms with Gasteiger partial charge in [0.15, 0.2) is 0 Å². The highest BCUT2D eigenvalue weighted by Crippen LogP contribution is 2.23. The molecule has 3 rings (SSSR count). The number of hydrogen-bond donors (Lipinski definition) is 1. The number of nitrogens with zero attached hydrogens (tertiary/aromatic N) is 2.